The summed E-state index contributed by atoms with van der Waals surface area (Å²) in [6.45, 7) is 0. The molecule has 6 heteroatoms. The average Bonchev–Trinajstić information content (AvgIpc) is 2.03. The Morgan fingerprint density at radius 3 is 2.46 bits per heavy atom. The van der Waals surface area contributed by atoms with E-state index in [1.807, 2.05) is 0 Å². The number of aliphatic hydroxyl groups excluding tert-OH is 1. The van der Waals surface area contributed by atoms with Crippen molar-refractivity contribution in [3.8, 4) is 0 Å². The summed E-state index contributed by atoms with van der Waals surface area (Å²) >= 11 is 8.45. The number of pyridine rings is 1. The summed E-state index contributed by atoms with van der Waals surface area (Å²) < 4.78 is 11.7. The van der Waals surface area contributed by atoms with Crippen LogP contribution in [-0.2, 0) is 0 Å². The smallest absolute Gasteiger partial charge is 0.248 e. The average molecular weight is 378 g/mol. The molecule has 1 aromatic rings. The highest BCUT2D eigenvalue weighted by molar-refractivity contribution is 9.25. The van der Waals surface area contributed by atoms with Gasteiger partial charge in [0.25, 0.3) is 0 Å². The van der Waals surface area contributed by atoms with Crippen LogP contribution in [0.5, 0.6) is 0 Å². The molecule has 0 aliphatic carbocycles. The van der Waals surface area contributed by atoms with Crippen LogP contribution < -0.4 is 0 Å². The molecule has 0 aliphatic heterocycles. The molecule has 72 valence electrons. The highest BCUT2D eigenvalue weighted by atomic mass is 79.9. The Morgan fingerprint density at radius 1 is 1.46 bits per heavy atom. The maximum absolute atomic E-state index is 13.1. The number of alkyl halides is 3. The number of hydrogen-bond acceptors (Lipinski definition) is 2. The minimum atomic E-state index is -2.02. The van der Waals surface area contributed by atoms with Gasteiger partial charge in [0.15, 0.2) is 0 Å². The lowest BCUT2D eigenvalue weighted by atomic mass is 10.2. The highest BCUT2D eigenvalue weighted by Gasteiger charge is 2.33. The van der Waals surface area contributed by atoms with Gasteiger partial charge in [-0.1, -0.05) is 6.07 Å². The maximum atomic E-state index is 13.1. The minimum Gasteiger partial charge on any atom is -0.383 e. The second-order valence-corrected chi connectivity index (χ2v) is 6.54. The van der Waals surface area contributed by atoms with E-state index in [1.165, 1.54) is 6.20 Å². The maximum Gasteiger partial charge on any atom is 0.248 e. The van der Waals surface area contributed by atoms with Crippen molar-refractivity contribution in [3.63, 3.8) is 0 Å². The molecule has 1 atom stereocenters. The highest BCUT2D eigenvalue weighted by Crippen LogP contribution is 2.40. The predicted octanol–water partition coefficient (Wildman–Crippen LogP) is 3.29. The first-order valence-electron chi connectivity index (χ1n) is 3.27. The molecule has 1 rings (SSSR count). The molecule has 0 aromatic carbocycles. The topological polar surface area (TPSA) is 33.1 Å². The largest absolute Gasteiger partial charge is 0.383 e. The third-order valence-corrected chi connectivity index (χ3v) is 2.71. The van der Waals surface area contributed by atoms with E-state index in [0.717, 1.165) is 0 Å². The zero-order valence-corrected chi connectivity index (χ0v) is 11.0. The van der Waals surface area contributed by atoms with Gasteiger partial charge in [-0.3, -0.25) is 0 Å². The van der Waals surface area contributed by atoms with E-state index in [-0.39, 0.29) is 0 Å². The van der Waals surface area contributed by atoms with Gasteiger partial charge < -0.3 is 5.11 Å². The van der Waals surface area contributed by atoms with Gasteiger partial charge in [0, 0.05) is 11.8 Å². The zero-order chi connectivity index (χ0) is 10.1. The van der Waals surface area contributed by atoms with Crippen molar-refractivity contribution in [2.24, 2.45) is 0 Å². The van der Waals surface area contributed by atoms with Crippen molar-refractivity contribution < 1.29 is 9.50 Å². The second-order valence-electron chi connectivity index (χ2n) is 2.36. The molecule has 13 heavy (non-hydrogen) atoms. The van der Waals surface area contributed by atoms with Crippen LogP contribution in [0, 0.1) is 0 Å². The van der Waals surface area contributed by atoms with E-state index in [1.54, 1.807) is 12.1 Å². The van der Waals surface area contributed by atoms with Gasteiger partial charge >= 0.3 is 0 Å². The molecule has 1 N–H and O–H groups in total. The third-order valence-electron chi connectivity index (χ3n) is 1.38. The zero-order valence-electron chi connectivity index (χ0n) is 6.22. The van der Waals surface area contributed by atoms with Crippen molar-refractivity contribution in [2.75, 3.05) is 0 Å². The molecule has 0 bridgehead atoms. The monoisotopic (exact) mass is 375 g/mol. The van der Waals surface area contributed by atoms with Gasteiger partial charge in [0.05, 0.1) is 0 Å². The van der Waals surface area contributed by atoms with Gasteiger partial charge in [-0.25, -0.2) is 9.37 Å². The second kappa shape index (κ2) is 4.33. The van der Waals surface area contributed by atoms with E-state index >= 15 is 0 Å². The molecule has 0 saturated carbocycles. The number of aromatic nitrogens is 1. The molecule has 0 aliphatic rings. The van der Waals surface area contributed by atoms with Gasteiger partial charge in [-0.2, -0.15) is 0 Å². The van der Waals surface area contributed by atoms with Crippen LogP contribution >= 0.6 is 47.8 Å². The van der Waals surface area contributed by atoms with Crippen LogP contribution in [0.2, 0.25) is 0 Å². The molecule has 1 unspecified atom stereocenters. The van der Waals surface area contributed by atoms with E-state index < -0.39 is 9.59 Å². The Balaban J connectivity index is 2.90. The molecular formula is C7H5Br3FNO. The Morgan fingerprint density at radius 2 is 2.08 bits per heavy atom. The molecule has 2 nitrogen and oxygen atoms in total. The fourth-order valence-electron chi connectivity index (χ4n) is 0.738. The summed E-state index contributed by atoms with van der Waals surface area (Å²) in [6, 6.07) is 3.21. The van der Waals surface area contributed by atoms with Crippen LogP contribution in [0.4, 0.5) is 4.39 Å². The Hall–Kier alpha value is 0.480. The molecule has 0 saturated heterocycles. The van der Waals surface area contributed by atoms with E-state index in [4.69, 9.17) is 0 Å². The van der Waals surface area contributed by atoms with Crippen molar-refractivity contribution in [1.82, 2.24) is 4.98 Å². The van der Waals surface area contributed by atoms with Crippen molar-refractivity contribution >= 4 is 47.8 Å². The van der Waals surface area contributed by atoms with Crippen molar-refractivity contribution in [1.29, 1.82) is 0 Å². The molecule has 0 spiro atoms. The third kappa shape index (κ3) is 3.27. The standard InChI is InChI=1S/C7H5Br3FNO/c8-5-2-1-4(3-12-5)6(13)7(9,10)11/h1-3,6,13H. The van der Waals surface area contributed by atoms with Crippen LogP contribution in [0.25, 0.3) is 0 Å². The first-order valence-corrected chi connectivity index (χ1v) is 5.65. The van der Waals surface area contributed by atoms with Crippen LogP contribution in [0.15, 0.2) is 22.9 Å². The summed E-state index contributed by atoms with van der Waals surface area (Å²) in [4.78, 5) is 3.86. The Kier molecular flexibility index (Phi) is 3.85. The van der Waals surface area contributed by atoms with Gasteiger partial charge in [-0.15, -0.1) is 0 Å². The first kappa shape index (κ1) is 11.6. The first-order chi connectivity index (χ1) is 5.91. The molecule has 1 aromatic heterocycles. The van der Waals surface area contributed by atoms with Gasteiger partial charge in [-0.05, 0) is 53.9 Å². The van der Waals surface area contributed by atoms with Gasteiger partial charge in [0.2, 0.25) is 3.49 Å². The Labute approximate surface area is 99.9 Å². The number of halogens is 4. The number of rotatable bonds is 2. The quantitative estimate of drug-likeness (QED) is 0.633. The molecule has 1 heterocycles. The number of hydrogen-bond donors (Lipinski definition) is 1. The van der Waals surface area contributed by atoms with Crippen LogP contribution in [0.3, 0.4) is 0 Å². The summed E-state index contributed by atoms with van der Waals surface area (Å²) in [6.07, 6.45) is 0.0964. The van der Waals surface area contributed by atoms with E-state index in [2.05, 4.69) is 52.8 Å². The Bertz CT molecular complexity index is 285. The summed E-state index contributed by atoms with van der Waals surface area (Å²) in [5.41, 5.74) is 0.388. The molecule has 0 amide bonds. The molecular weight excluding hydrogens is 373 g/mol. The van der Waals surface area contributed by atoms with Crippen molar-refractivity contribution in [2.45, 2.75) is 9.59 Å². The predicted molar refractivity (Wildman–Crippen MR) is 58.6 cm³/mol. The number of nitrogens with zero attached hydrogens (tertiary/aromatic N) is 1. The summed E-state index contributed by atoms with van der Waals surface area (Å²) in [5, 5.41) is 9.42. The lowest BCUT2D eigenvalue weighted by molar-refractivity contribution is 0.114. The van der Waals surface area contributed by atoms with E-state index in [9.17, 15) is 9.50 Å². The fourth-order valence-corrected chi connectivity index (χ4v) is 1.50. The number of aliphatic hydroxyl groups is 1. The lowest BCUT2D eigenvalue weighted by Crippen LogP contribution is -2.16. The van der Waals surface area contributed by atoms with Crippen LogP contribution in [-0.4, -0.2) is 13.6 Å². The molecule has 0 fully saturated rings. The summed E-state index contributed by atoms with van der Waals surface area (Å²) in [7, 11) is 0. The van der Waals surface area contributed by atoms with Gasteiger partial charge in [0.1, 0.15) is 10.7 Å². The SMILES string of the molecule is OC(c1ccc(Br)nc1)C(F)(Br)Br. The summed E-state index contributed by atoms with van der Waals surface area (Å²) in [5.74, 6) is 0. The fraction of sp³-hybridized carbons (Fsp3) is 0.286. The molecule has 0 radical (unpaired) electrons. The van der Waals surface area contributed by atoms with E-state index in [0.29, 0.717) is 10.2 Å². The lowest BCUT2D eigenvalue weighted by Gasteiger charge is -2.17. The van der Waals surface area contributed by atoms with Crippen molar-refractivity contribution in [3.05, 3.63) is 28.5 Å². The normalized spacial score (nSPS) is 14.2. The minimum absolute atomic E-state index is 0.388. The van der Waals surface area contributed by atoms with Crippen LogP contribution in [0.1, 0.15) is 11.7 Å².